The minimum Gasteiger partial charge on any atom is -0.493 e. The van der Waals surface area contributed by atoms with E-state index in [0.717, 1.165) is 36.1 Å². The van der Waals surface area contributed by atoms with E-state index in [1.54, 1.807) is 37.3 Å². The predicted octanol–water partition coefficient (Wildman–Crippen LogP) is 7.09. The summed E-state index contributed by atoms with van der Waals surface area (Å²) in [6.07, 6.45) is 3.63. The number of unbranched alkanes of at least 4 members (excludes halogenated alkanes) is 2. The van der Waals surface area contributed by atoms with Crippen LogP contribution in [-0.2, 0) is 9.59 Å². The number of hydrogen-bond donors (Lipinski definition) is 1. The van der Waals surface area contributed by atoms with Crippen LogP contribution in [-0.4, -0.2) is 30.8 Å². The van der Waals surface area contributed by atoms with E-state index in [1.807, 2.05) is 42.5 Å². The number of allylic oxidation sites excluding steroid dienone is 1. The van der Waals surface area contributed by atoms with Gasteiger partial charge in [-0.2, -0.15) is 0 Å². The number of amides is 1. The molecule has 218 valence electrons. The lowest BCUT2D eigenvalue weighted by atomic mass is 9.78. The molecule has 2 aliphatic rings. The summed E-state index contributed by atoms with van der Waals surface area (Å²) in [7, 11) is 3.12. The lowest BCUT2D eigenvalue weighted by Gasteiger charge is -2.35. The van der Waals surface area contributed by atoms with Crippen LogP contribution in [0.5, 0.6) is 11.5 Å². The summed E-state index contributed by atoms with van der Waals surface area (Å²) < 4.78 is 11.1. The van der Waals surface area contributed by atoms with Crippen molar-refractivity contribution in [3.05, 3.63) is 99.2 Å². The highest BCUT2D eigenvalue weighted by Crippen LogP contribution is 2.48. The second-order valence-electron chi connectivity index (χ2n) is 10.7. The van der Waals surface area contributed by atoms with E-state index in [4.69, 9.17) is 9.47 Å². The van der Waals surface area contributed by atoms with Crippen LogP contribution in [0, 0.1) is 10.1 Å². The lowest BCUT2D eigenvalue weighted by Crippen LogP contribution is -2.38. The number of anilines is 2. The Kier molecular flexibility index (Phi) is 8.56. The van der Waals surface area contributed by atoms with Crippen molar-refractivity contribution in [1.29, 1.82) is 0 Å². The molecule has 0 radical (unpaired) electrons. The summed E-state index contributed by atoms with van der Waals surface area (Å²) in [6.45, 7) is 2.09. The van der Waals surface area contributed by atoms with Gasteiger partial charge in [-0.05, 0) is 54.2 Å². The Morgan fingerprint density at radius 3 is 2.50 bits per heavy atom. The molecule has 0 saturated carbocycles. The number of para-hydroxylation sites is 2. The highest BCUT2D eigenvalue weighted by molar-refractivity contribution is 6.06. The van der Waals surface area contributed by atoms with Gasteiger partial charge in [-0.25, -0.2) is 0 Å². The number of hydrogen-bond acceptors (Lipinski definition) is 7. The van der Waals surface area contributed by atoms with Crippen LogP contribution in [0.15, 0.2) is 78.0 Å². The first kappa shape index (κ1) is 28.9. The van der Waals surface area contributed by atoms with Crippen molar-refractivity contribution in [2.75, 3.05) is 24.4 Å². The van der Waals surface area contributed by atoms with Gasteiger partial charge in [0.15, 0.2) is 17.3 Å². The SMILES string of the molecule is CCCCCC(=O)N1c2ccccc2NC2=C(C(=O)C[C@H](c3cccc([N+](=O)[O-])c3)C2)[C@@H]1c1ccc(OC)c(OC)c1. The number of carbonyl (C=O) groups excluding carboxylic acids is 2. The zero-order valence-corrected chi connectivity index (χ0v) is 24.1. The molecule has 1 N–H and O–H groups in total. The number of non-ortho nitro benzene ring substituents is 1. The highest BCUT2D eigenvalue weighted by atomic mass is 16.6. The molecule has 0 aromatic heterocycles. The van der Waals surface area contributed by atoms with Gasteiger partial charge in [0.05, 0.1) is 36.6 Å². The molecule has 9 heteroatoms. The maximum absolute atomic E-state index is 14.2. The smallest absolute Gasteiger partial charge is 0.269 e. The van der Waals surface area contributed by atoms with Crippen LogP contribution in [0.25, 0.3) is 0 Å². The molecule has 5 rings (SSSR count). The third-order valence-electron chi connectivity index (χ3n) is 8.03. The zero-order chi connectivity index (χ0) is 29.8. The predicted molar refractivity (Wildman–Crippen MR) is 161 cm³/mol. The Balaban J connectivity index is 1.68. The van der Waals surface area contributed by atoms with Gasteiger partial charge in [0.1, 0.15) is 0 Å². The van der Waals surface area contributed by atoms with E-state index in [0.29, 0.717) is 41.3 Å². The second-order valence-corrected chi connectivity index (χ2v) is 10.7. The topological polar surface area (TPSA) is 111 Å². The third kappa shape index (κ3) is 5.59. The number of methoxy groups -OCH3 is 2. The average Bonchev–Trinajstić information content (AvgIpc) is 3.15. The van der Waals surface area contributed by atoms with Gasteiger partial charge in [0.25, 0.3) is 5.69 Å². The summed E-state index contributed by atoms with van der Waals surface area (Å²) in [6, 6.07) is 18.8. The van der Waals surface area contributed by atoms with Gasteiger partial charge in [-0.15, -0.1) is 0 Å². The standard InChI is InChI=1S/C33H35N3O6/c1-4-5-6-14-31(38)35-27-13-8-7-12-25(27)34-26-18-23(21-10-9-11-24(17-21)36(39)40)19-28(37)32(26)33(35)22-15-16-29(41-2)30(20-22)42-3/h7-13,15-17,20,23,33-34H,4-6,14,18-19H2,1-3H3/t23-,33+/m1/s1. The fraction of sp³-hybridized carbons (Fsp3) is 0.333. The molecule has 3 aromatic carbocycles. The molecular weight excluding hydrogens is 534 g/mol. The van der Waals surface area contributed by atoms with Crippen LogP contribution in [0.4, 0.5) is 17.1 Å². The number of nitro benzene ring substituents is 1. The summed E-state index contributed by atoms with van der Waals surface area (Å²) in [4.78, 5) is 41.1. The van der Waals surface area contributed by atoms with Crippen molar-refractivity contribution in [3.63, 3.8) is 0 Å². The van der Waals surface area contributed by atoms with Gasteiger partial charge in [-0.1, -0.05) is 50.1 Å². The number of benzene rings is 3. The molecule has 1 aliphatic heterocycles. The first-order valence-electron chi connectivity index (χ1n) is 14.3. The second kappa shape index (κ2) is 12.5. The molecule has 9 nitrogen and oxygen atoms in total. The van der Waals surface area contributed by atoms with Crippen molar-refractivity contribution in [1.82, 2.24) is 0 Å². The van der Waals surface area contributed by atoms with Crippen molar-refractivity contribution in [3.8, 4) is 11.5 Å². The van der Waals surface area contributed by atoms with E-state index in [9.17, 15) is 19.7 Å². The minimum absolute atomic E-state index is 0.00838. The molecule has 1 heterocycles. The fourth-order valence-electron chi connectivity index (χ4n) is 5.98. The van der Waals surface area contributed by atoms with E-state index in [-0.39, 0.29) is 29.7 Å². The van der Waals surface area contributed by atoms with Crippen LogP contribution < -0.4 is 19.7 Å². The van der Waals surface area contributed by atoms with Gasteiger partial charge >= 0.3 is 0 Å². The van der Waals surface area contributed by atoms with E-state index in [2.05, 4.69) is 12.2 Å². The average molecular weight is 570 g/mol. The fourth-order valence-corrected chi connectivity index (χ4v) is 5.98. The first-order valence-corrected chi connectivity index (χ1v) is 14.3. The van der Waals surface area contributed by atoms with Gasteiger partial charge in [0.2, 0.25) is 5.91 Å². The summed E-state index contributed by atoms with van der Waals surface area (Å²) in [5, 5.41) is 15.0. The number of Topliss-reactive ketones (excluding diaryl/α,β-unsaturated/α-hetero) is 1. The van der Waals surface area contributed by atoms with Crippen molar-refractivity contribution >= 4 is 28.8 Å². The number of fused-ring (bicyclic) bond motifs is 1. The molecule has 2 atom stereocenters. The van der Waals surface area contributed by atoms with Crippen molar-refractivity contribution < 1.29 is 24.0 Å². The van der Waals surface area contributed by atoms with E-state index in [1.165, 1.54) is 6.07 Å². The number of nitro groups is 1. The van der Waals surface area contributed by atoms with Crippen molar-refractivity contribution in [2.24, 2.45) is 0 Å². The summed E-state index contributed by atoms with van der Waals surface area (Å²) in [5.74, 6) is 0.607. The Bertz CT molecular complexity index is 1550. The largest absolute Gasteiger partial charge is 0.493 e. The Labute approximate surface area is 245 Å². The first-order chi connectivity index (χ1) is 20.4. The van der Waals surface area contributed by atoms with Crippen LogP contribution in [0.2, 0.25) is 0 Å². The molecule has 1 aliphatic carbocycles. The normalized spacial score (nSPS) is 18.0. The number of nitrogens with one attached hydrogen (secondary N) is 1. The molecular formula is C33H35N3O6. The number of ether oxygens (including phenoxy) is 2. The maximum Gasteiger partial charge on any atom is 0.269 e. The van der Waals surface area contributed by atoms with E-state index < -0.39 is 11.0 Å². The van der Waals surface area contributed by atoms with Crippen LogP contribution >= 0.6 is 0 Å². The van der Waals surface area contributed by atoms with Crippen LogP contribution in [0.1, 0.15) is 68.5 Å². The molecule has 0 fully saturated rings. The Hall–Kier alpha value is -4.66. The molecule has 42 heavy (non-hydrogen) atoms. The third-order valence-corrected chi connectivity index (χ3v) is 8.03. The number of nitrogens with zero attached hydrogens (tertiary/aromatic N) is 2. The summed E-state index contributed by atoms with van der Waals surface area (Å²) >= 11 is 0. The molecule has 0 bridgehead atoms. The number of ketones is 1. The highest BCUT2D eigenvalue weighted by Gasteiger charge is 2.41. The Morgan fingerprint density at radius 2 is 1.76 bits per heavy atom. The minimum atomic E-state index is -0.705. The number of rotatable bonds is 9. The molecule has 0 saturated heterocycles. The molecule has 0 unspecified atom stereocenters. The monoisotopic (exact) mass is 569 g/mol. The molecule has 1 amide bonds. The maximum atomic E-state index is 14.2. The zero-order valence-electron chi connectivity index (χ0n) is 24.1. The Morgan fingerprint density at radius 1 is 0.976 bits per heavy atom. The lowest BCUT2D eigenvalue weighted by molar-refractivity contribution is -0.384. The molecule has 0 spiro atoms. The van der Waals surface area contributed by atoms with Gasteiger partial charge < -0.3 is 14.8 Å². The number of carbonyl (C=O) groups is 2. The van der Waals surface area contributed by atoms with Gasteiger partial charge in [-0.3, -0.25) is 24.6 Å². The van der Waals surface area contributed by atoms with Crippen molar-refractivity contribution in [2.45, 2.75) is 57.4 Å². The summed E-state index contributed by atoms with van der Waals surface area (Å²) in [5.41, 5.74) is 4.09. The van der Waals surface area contributed by atoms with Gasteiger partial charge in [0, 0.05) is 36.2 Å². The molecule has 3 aromatic rings. The van der Waals surface area contributed by atoms with E-state index >= 15 is 0 Å². The quantitative estimate of drug-likeness (QED) is 0.166. The van der Waals surface area contributed by atoms with Crippen LogP contribution in [0.3, 0.4) is 0 Å².